The predicted octanol–water partition coefficient (Wildman–Crippen LogP) is 3.69. The lowest BCUT2D eigenvalue weighted by atomic mass is 9.99. The molecule has 0 spiro atoms. The van der Waals surface area contributed by atoms with Crippen LogP contribution in [0, 0.1) is 0 Å². The van der Waals surface area contributed by atoms with Crippen LogP contribution in [0.1, 0.15) is 12.5 Å². The molecule has 0 bridgehead atoms. The van der Waals surface area contributed by atoms with E-state index in [1.165, 1.54) is 18.2 Å². The molecule has 0 amide bonds. The lowest BCUT2D eigenvalue weighted by Gasteiger charge is -2.12. The summed E-state index contributed by atoms with van der Waals surface area (Å²) in [5.41, 5.74) is 7.83. The first-order valence-corrected chi connectivity index (χ1v) is 7.66. The Bertz CT molecular complexity index is 732. The van der Waals surface area contributed by atoms with E-state index in [0.717, 1.165) is 5.56 Å². The minimum absolute atomic E-state index is 0.249. The van der Waals surface area contributed by atoms with Gasteiger partial charge in [-0.25, -0.2) is 0 Å². The van der Waals surface area contributed by atoms with E-state index in [2.05, 4.69) is 4.74 Å². The Morgan fingerprint density at radius 2 is 1.76 bits per heavy atom. The minimum Gasteiger partial charge on any atom is -0.465 e. The van der Waals surface area contributed by atoms with Crippen LogP contribution in [-0.4, -0.2) is 25.0 Å². The van der Waals surface area contributed by atoms with E-state index in [0.29, 0.717) is 11.1 Å². The molecule has 0 aliphatic carbocycles. The molecule has 2 rings (SSSR count). The Hall–Kier alpha value is -2.54. The van der Waals surface area contributed by atoms with Gasteiger partial charge in [-0.1, -0.05) is 36.4 Å². The first-order valence-electron chi connectivity index (χ1n) is 7.66. The van der Waals surface area contributed by atoms with Crippen molar-refractivity contribution in [2.24, 2.45) is 5.73 Å². The van der Waals surface area contributed by atoms with Gasteiger partial charge in [-0.05, 0) is 42.2 Å². The van der Waals surface area contributed by atoms with Crippen LogP contribution in [0.5, 0.6) is 5.75 Å². The number of carbonyl (C=O) groups is 1. The Kier molecular flexibility index (Phi) is 6.03. The number of alkyl halides is 3. The Morgan fingerprint density at radius 3 is 2.40 bits per heavy atom. The van der Waals surface area contributed by atoms with Gasteiger partial charge in [0, 0.05) is 0 Å². The van der Waals surface area contributed by atoms with Crippen molar-refractivity contribution in [2.75, 3.05) is 6.61 Å². The minimum atomic E-state index is -4.74. The molecule has 0 radical (unpaired) electrons. The van der Waals surface area contributed by atoms with Crippen molar-refractivity contribution in [2.45, 2.75) is 25.7 Å². The third kappa shape index (κ3) is 5.79. The normalized spacial score (nSPS) is 12.5. The highest BCUT2D eigenvalue weighted by Crippen LogP contribution is 2.28. The number of hydrogen-bond acceptors (Lipinski definition) is 4. The summed E-state index contributed by atoms with van der Waals surface area (Å²) in [6, 6.07) is 12.0. The number of nitrogens with two attached hydrogens (primary N) is 1. The van der Waals surface area contributed by atoms with Gasteiger partial charge in [-0.15, -0.1) is 13.2 Å². The predicted molar refractivity (Wildman–Crippen MR) is 86.9 cm³/mol. The van der Waals surface area contributed by atoms with Crippen molar-refractivity contribution >= 4 is 5.97 Å². The zero-order chi connectivity index (χ0) is 18.4. The zero-order valence-corrected chi connectivity index (χ0v) is 13.5. The fraction of sp³-hybridized carbons (Fsp3) is 0.278. The lowest BCUT2D eigenvalue weighted by Crippen LogP contribution is -2.34. The van der Waals surface area contributed by atoms with Crippen molar-refractivity contribution in [1.29, 1.82) is 0 Å². The molecule has 0 aromatic heterocycles. The molecule has 7 heteroatoms. The average molecular weight is 353 g/mol. The largest absolute Gasteiger partial charge is 0.573 e. The molecule has 0 heterocycles. The summed E-state index contributed by atoms with van der Waals surface area (Å²) in [4.78, 5) is 11.6. The average Bonchev–Trinajstić information content (AvgIpc) is 2.54. The highest BCUT2D eigenvalue weighted by Gasteiger charge is 2.31. The molecule has 0 saturated heterocycles. The molecule has 0 saturated carbocycles. The lowest BCUT2D eigenvalue weighted by molar-refractivity contribution is -0.274. The summed E-state index contributed by atoms with van der Waals surface area (Å²) in [5, 5.41) is 0. The number of hydrogen-bond donors (Lipinski definition) is 1. The summed E-state index contributed by atoms with van der Waals surface area (Å²) < 4.78 is 45.8. The first-order chi connectivity index (χ1) is 11.8. The van der Waals surface area contributed by atoms with Crippen LogP contribution < -0.4 is 10.5 Å². The number of benzene rings is 2. The van der Waals surface area contributed by atoms with E-state index in [1.807, 2.05) is 0 Å². The fourth-order valence-electron chi connectivity index (χ4n) is 2.34. The van der Waals surface area contributed by atoms with Gasteiger partial charge in [-0.3, -0.25) is 4.79 Å². The quantitative estimate of drug-likeness (QED) is 0.805. The number of halogens is 3. The molecule has 2 aromatic carbocycles. The van der Waals surface area contributed by atoms with Gasteiger partial charge >= 0.3 is 12.3 Å². The van der Waals surface area contributed by atoms with E-state index < -0.39 is 18.4 Å². The van der Waals surface area contributed by atoms with E-state index >= 15 is 0 Å². The van der Waals surface area contributed by atoms with Gasteiger partial charge in [0.1, 0.15) is 11.8 Å². The van der Waals surface area contributed by atoms with E-state index in [1.54, 1.807) is 37.3 Å². The maximum Gasteiger partial charge on any atom is 0.573 e. The van der Waals surface area contributed by atoms with Gasteiger partial charge in [-0.2, -0.15) is 0 Å². The van der Waals surface area contributed by atoms with Gasteiger partial charge in [0.25, 0.3) is 0 Å². The van der Waals surface area contributed by atoms with Crippen LogP contribution in [0.15, 0.2) is 48.5 Å². The van der Waals surface area contributed by atoms with Crippen LogP contribution in [0.3, 0.4) is 0 Å². The van der Waals surface area contributed by atoms with Crippen molar-refractivity contribution < 1.29 is 27.4 Å². The van der Waals surface area contributed by atoms with Crippen LogP contribution in [0.25, 0.3) is 11.1 Å². The Labute approximate surface area is 143 Å². The molecular weight excluding hydrogens is 335 g/mol. The van der Waals surface area contributed by atoms with Crippen molar-refractivity contribution in [1.82, 2.24) is 0 Å². The van der Waals surface area contributed by atoms with Crippen LogP contribution >= 0.6 is 0 Å². The van der Waals surface area contributed by atoms with Crippen molar-refractivity contribution in [3.8, 4) is 16.9 Å². The molecule has 2 aromatic rings. The topological polar surface area (TPSA) is 61.5 Å². The molecule has 2 N–H and O–H groups in total. The summed E-state index contributed by atoms with van der Waals surface area (Å²) in [6.07, 6.45) is -4.47. The summed E-state index contributed by atoms with van der Waals surface area (Å²) >= 11 is 0. The fourth-order valence-corrected chi connectivity index (χ4v) is 2.34. The Balaban J connectivity index is 2.18. The molecule has 0 aliphatic heterocycles. The molecule has 1 unspecified atom stereocenters. The second kappa shape index (κ2) is 8.02. The highest BCUT2D eigenvalue weighted by atomic mass is 19.4. The van der Waals surface area contributed by atoms with Gasteiger partial charge in [0.2, 0.25) is 0 Å². The van der Waals surface area contributed by atoms with Gasteiger partial charge in [0.05, 0.1) is 6.61 Å². The van der Waals surface area contributed by atoms with E-state index in [-0.39, 0.29) is 18.8 Å². The zero-order valence-electron chi connectivity index (χ0n) is 13.5. The van der Waals surface area contributed by atoms with E-state index in [9.17, 15) is 18.0 Å². The number of ether oxygens (including phenoxy) is 2. The van der Waals surface area contributed by atoms with Crippen molar-refractivity contribution in [3.63, 3.8) is 0 Å². The third-order valence-electron chi connectivity index (χ3n) is 3.37. The van der Waals surface area contributed by atoms with Crippen LogP contribution in [0.2, 0.25) is 0 Å². The standard InChI is InChI=1S/C18H18F3NO3/c1-2-24-17(23)16(22)10-12-5-3-6-13(9-12)14-7-4-8-15(11-14)25-18(19,20)21/h3-9,11,16H,2,10,22H2,1H3. The van der Waals surface area contributed by atoms with Crippen LogP contribution in [0.4, 0.5) is 13.2 Å². The van der Waals surface area contributed by atoms with Gasteiger partial charge in [0.15, 0.2) is 0 Å². The van der Waals surface area contributed by atoms with E-state index in [4.69, 9.17) is 10.5 Å². The second-order valence-electron chi connectivity index (χ2n) is 5.34. The molecule has 25 heavy (non-hydrogen) atoms. The monoisotopic (exact) mass is 353 g/mol. The summed E-state index contributed by atoms with van der Waals surface area (Å²) in [6.45, 7) is 1.94. The highest BCUT2D eigenvalue weighted by molar-refractivity contribution is 5.76. The van der Waals surface area contributed by atoms with Crippen LogP contribution in [-0.2, 0) is 16.0 Å². The molecule has 4 nitrogen and oxygen atoms in total. The third-order valence-corrected chi connectivity index (χ3v) is 3.37. The smallest absolute Gasteiger partial charge is 0.465 e. The summed E-state index contributed by atoms with van der Waals surface area (Å²) in [7, 11) is 0. The maximum atomic E-state index is 12.3. The van der Waals surface area contributed by atoms with Crippen molar-refractivity contribution in [3.05, 3.63) is 54.1 Å². The molecule has 0 fully saturated rings. The second-order valence-corrected chi connectivity index (χ2v) is 5.34. The maximum absolute atomic E-state index is 12.3. The first kappa shape index (κ1) is 18.8. The summed E-state index contributed by atoms with van der Waals surface area (Å²) in [5.74, 6) is -0.785. The SMILES string of the molecule is CCOC(=O)C(N)Cc1cccc(-c2cccc(OC(F)(F)F)c2)c1. The number of carbonyl (C=O) groups excluding carboxylic acids is 1. The van der Waals surface area contributed by atoms with Gasteiger partial charge < -0.3 is 15.2 Å². The Morgan fingerprint density at radius 1 is 1.12 bits per heavy atom. The molecular formula is C18H18F3NO3. The molecule has 0 aliphatic rings. The molecule has 1 atom stereocenters. The number of esters is 1. The number of rotatable bonds is 6. The molecule has 134 valence electrons.